The molecule has 0 N–H and O–H groups in total. The van der Waals surface area contributed by atoms with Crippen molar-refractivity contribution in [2.75, 3.05) is 18.1 Å². The van der Waals surface area contributed by atoms with Gasteiger partial charge in [-0.25, -0.2) is 4.90 Å². The van der Waals surface area contributed by atoms with E-state index in [1.807, 2.05) is 37.3 Å². The summed E-state index contributed by atoms with van der Waals surface area (Å²) in [5.41, 5.74) is 0.545. The summed E-state index contributed by atoms with van der Waals surface area (Å²) in [6, 6.07) is 7.42. The first-order valence-corrected chi connectivity index (χ1v) is 8.17. The molecule has 0 saturated carbocycles. The van der Waals surface area contributed by atoms with Gasteiger partial charge in [-0.05, 0) is 24.6 Å². The summed E-state index contributed by atoms with van der Waals surface area (Å²) in [6.07, 6.45) is 2.68. The molecule has 4 aliphatic heterocycles. The van der Waals surface area contributed by atoms with Crippen molar-refractivity contribution in [2.24, 2.45) is 11.8 Å². The minimum absolute atomic E-state index is 0.200. The Labute approximate surface area is 139 Å². The Morgan fingerprint density at radius 1 is 1.12 bits per heavy atom. The molecule has 0 radical (unpaired) electrons. The van der Waals surface area contributed by atoms with Gasteiger partial charge in [0.2, 0.25) is 11.8 Å². The third-order valence-electron chi connectivity index (χ3n) is 5.42. The van der Waals surface area contributed by atoms with Crippen molar-refractivity contribution >= 4 is 17.5 Å². The van der Waals surface area contributed by atoms with Gasteiger partial charge in [0.1, 0.15) is 0 Å². The lowest BCUT2D eigenvalue weighted by molar-refractivity contribution is -0.180. The van der Waals surface area contributed by atoms with E-state index in [2.05, 4.69) is 0 Å². The third kappa shape index (κ3) is 1.60. The number of carbonyl (C=O) groups excluding carboxylic acids is 2. The zero-order valence-electron chi connectivity index (χ0n) is 13.2. The summed E-state index contributed by atoms with van der Waals surface area (Å²) in [6.45, 7) is 2.83. The van der Waals surface area contributed by atoms with E-state index in [-0.39, 0.29) is 11.8 Å². The Hall–Kier alpha value is -2.02. The maximum Gasteiger partial charge on any atom is 0.241 e. The number of hydrogen-bond donors (Lipinski definition) is 0. The topological polar surface area (TPSA) is 65.1 Å². The minimum atomic E-state index is -0.990. The Kier molecular flexibility index (Phi) is 2.84. The van der Waals surface area contributed by atoms with Gasteiger partial charge < -0.3 is 14.2 Å². The van der Waals surface area contributed by atoms with E-state index in [4.69, 9.17) is 14.2 Å². The average Bonchev–Trinajstić information content (AvgIpc) is 3.33. The lowest BCUT2D eigenvalue weighted by atomic mass is 9.76. The van der Waals surface area contributed by atoms with Crippen LogP contribution < -0.4 is 4.90 Å². The molecule has 5 rings (SSSR count). The number of imide groups is 1. The molecule has 0 aromatic heterocycles. The Bertz CT molecular complexity index is 768. The van der Waals surface area contributed by atoms with Crippen LogP contribution in [0.2, 0.25) is 0 Å². The number of ether oxygens (including phenoxy) is 3. The molecule has 124 valence electrons. The van der Waals surface area contributed by atoms with E-state index in [0.717, 1.165) is 5.56 Å². The van der Waals surface area contributed by atoms with Crippen molar-refractivity contribution in [3.63, 3.8) is 0 Å². The number of fused-ring (bicyclic) bond motifs is 5. The molecule has 4 heterocycles. The van der Waals surface area contributed by atoms with Crippen LogP contribution in [-0.4, -0.2) is 43.0 Å². The van der Waals surface area contributed by atoms with Crippen molar-refractivity contribution in [1.29, 1.82) is 0 Å². The number of para-hydroxylation sites is 1. The first-order chi connectivity index (χ1) is 11.6. The molecule has 0 unspecified atom stereocenters. The van der Waals surface area contributed by atoms with Gasteiger partial charge in [0.15, 0.2) is 11.9 Å². The van der Waals surface area contributed by atoms with Gasteiger partial charge >= 0.3 is 0 Å². The van der Waals surface area contributed by atoms with Crippen LogP contribution >= 0.6 is 0 Å². The number of hydrogen-bond acceptors (Lipinski definition) is 5. The predicted octanol–water partition coefficient (Wildman–Crippen LogP) is 1.18. The fraction of sp³-hybridized carbons (Fsp3) is 0.444. The van der Waals surface area contributed by atoms with Crippen LogP contribution in [0, 0.1) is 18.8 Å². The number of nitrogens with zero attached hydrogens (tertiary/aromatic N) is 1. The highest BCUT2D eigenvalue weighted by Gasteiger charge is 2.71. The molecule has 6 heteroatoms. The highest BCUT2D eigenvalue weighted by Crippen LogP contribution is 2.55. The Morgan fingerprint density at radius 2 is 1.88 bits per heavy atom. The van der Waals surface area contributed by atoms with Crippen molar-refractivity contribution in [3.05, 3.63) is 42.0 Å². The number of rotatable bonds is 2. The monoisotopic (exact) mass is 327 g/mol. The van der Waals surface area contributed by atoms with E-state index in [0.29, 0.717) is 18.9 Å². The summed E-state index contributed by atoms with van der Waals surface area (Å²) >= 11 is 0. The second-order valence-corrected chi connectivity index (χ2v) is 6.67. The van der Waals surface area contributed by atoms with E-state index < -0.39 is 29.8 Å². The number of anilines is 1. The molecule has 3 saturated heterocycles. The molecule has 2 amide bonds. The normalized spacial score (nSPS) is 37.7. The van der Waals surface area contributed by atoms with Gasteiger partial charge in [0.25, 0.3) is 0 Å². The molecule has 0 spiro atoms. The maximum absolute atomic E-state index is 13.2. The molecule has 2 bridgehead atoms. The van der Waals surface area contributed by atoms with Gasteiger partial charge in [-0.1, -0.05) is 24.3 Å². The van der Waals surface area contributed by atoms with E-state index >= 15 is 0 Å². The summed E-state index contributed by atoms with van der Waals surface area (Å²) in [5.74, 6) is -1.53. The van der Waals surface area contributed by atoms with Gasteiger partial charge in [0.05, 0.1) is 36.8 Å². The van der Waals surface area contributed by atoms with E-state index in [1.54, 1.807) is 6.07 Å². The van der Waals surface area contributed by atoms with Gasteiger partial charge in [-0.3, -0.25) is 9.59 Å². The molecule has 0 aliphatic carbocycles. The number of aryl methyl sites for hydroxylation is 1. The van der Waals surface area contributed by atoms with Crippen LogP contribution in [0.3, 0.4) is 0 Å². The van der Waals surface area contributed by atoms with Gasteiger partial charge in [-0.15, -0.1) is 0 Å². The highest BCUT2D eigenvalue weighted by atomic mass is 16.7. The molecule has 24 heavy (non-hydrogen) atoms. The molecule has 6 nitrogen and oxygen atoms in total. The first kappa shape index (κ1) is 14.3. The van der Waals surface area contributed by atoms with Crippen LogP contribution in [-0.2, 0) is 23.8 Å². The van der Waals surface area contributed by atoms with Gasteiger partial charge in [0, 0.05) is 0 Å². The first-order valence-electron chi connectivity index (χ1n) is 8.17. The smallest absolute Gasteiger partial charge is 0.241 e. The summed E-state index contributed by atoms with van der Waals surface area (Å²) in [7, 11) is 0. The second kappa shape index (κ2) is 4.75. The summed E-state index contributed by atoms with van der Waals surface area (Å²) in [5, 5.41) is 0. The van der Waals surface area contributed by atoms with Crippen molar-refractivity contribution in [3.8, 4) is 0 Å². The van der Waals surface area contributed by atoms with Crippen LogP contribution in [0.5, 0.6) is 0 Å². The summed E-state index contributed by atoms with van der Waals surface area (Å²) in [4.78, 5) is 27.5. The molecule has 3 fully saturated rings. The van der Waals surface area contributed by atoms with Crippen LogP contribution in [0.15, 0.2) is 36.4 Å². The third-order valence-corrected chi connectivity index (χ3v) is 5.42. The Morgan fingerprint density at radius 3 is 2.62 bits per heavy atom. The molecular formula is C18H17NO5. The maximum atomic E-state index is 13.2. The zero-order valence-corrected chi connectivity index (χ0v) is 13.2. The molecular weight excluding hydrogens is 310 g/mol. The van der Waals surface area contributed by atoms with Crippen molar-refractivity contribution in [2.45, 2.75) is 24.9 Å². The fourth-order valence-corrected chi connectivity index (χ4v) is 4.38. The van der Waals surface area contributed by atoms with E-state index in [1.165, 1.54) is 4.90 Å². The average molecular weight is 327 g/mol. The van der Waals surface area contributed by atoms with Crippen molar-refractivity contribution < 1.29 is 23.8 Å². The predicted molar refractivity (Wildman–Crippen MR) is 83.1 cm³/mol. The number of carbonyl (C=O) groups is 2. The SMILES string of the molecule is Cc1ccccc1N1C(=O)[C@@H]2[C@@H](C1=O)[C@@]1(C3OCCO3)C=C[C@H]2O1. The largest absolute Gasteiger partial charge is 0.357 e. The number of benzene rings is 1. The molecule has 1 aromatic carbocycles. The highest BCUT2D eigenvalue weighted by molar-refractivity contribution is 6.23. The summed E-state index contributed by atoms with van der Waals surface area (Å²) < 4.78 is 17.3. The zero-order chi connectivity index (χ0) is 16.5. The lowest BCUT2D eigenvalue weighted by Crippen LogP contribution is -2.49. The van der Waals surface area contributed by atoms with Gasteiger partial charge in [-0.2, -0.15) is 0 Å². The fourth-order valence-electron chi connectivity index (χ4n) is 4.38. The van der Waals surface area contributed by atoms with Crippen molar-refractivity contribution in [1.82, 2.24) is 0 Å². The second-order valence-electron chi connectivity index (χ2n) is 6.67. The Balaban J connectivity index is 1.59. The lowest BCUT2D eigenvalue weighted by Gasteiger charge is -2.32. The van der Waals surface area contributed by atoms with Crippen LogP contribution in [0.4, 0.5) is 5.69 Å². The van der Waals surface area contributed by atoms with E-state index in [9.17, 15) is 9.59 Å². The van der Waals surface area contributed by atoms with Crippen LogP contribution in [0.25, 0.3) is 0 Å². The minimum Gasteiger partial charge on any atom is -0.357 e. The van der Waals surface area contributed by atoms with Crippen LogP contribution in [0.1, 0.15) is 5.56 Å². The number of amides is 2. The molecule has 1 aromatic rings. The quantitative estimate of drug-likeness (QED) is 0.603. The standard InChI is InChI=1S/C18H17NO5/c1-10-4-2-3-5-11(10)19-15(20)13-12-6-7-18(24-12,14(13)16(19)21)17-22-8-9-23-17/h2-7,12-14,17H,8-9H2,1H3/t12-,13+,14+,18-/m1/s1. The molecule has 4 aliphatic rings. The molecule has 4 atom stereocenters.